The summed E-state index contributed by atoms with van der Waals surface area (Å²) in [6.45, 7) is 4.32. The maximum atomic E-state index is 4.37. The molecule has 14 heavy (non-hydrogen) atoms. The molecule has 1 saturated heterocycles. The third-order valence-electron chi connectivity index (χ3n) is 2.70. The molecule has 1 unspecified atom stereocenters. The maximum Gasteiger partial charge on any atom is 0.202 e. The van der Waals surface area contributed by atoms with E-state index in [0.717, 1.165) is 30.0 Å². The van der Waals surface area contributed by atoms with Gasteiger partial charge in [-0.2, -0.15) is 11.8 Å². The lowest BCUT2D eigenvalue weighted by molar-refractivity contribution is 0.582. The highest BCUT2D eigenvalue weighted by atomic mass is 32.2. The van der Waals surface area contributed by atoms with Crippen LogP contribution in [0.5, 0.6) is 0 Å². The number of aryl methyl sites for hydroxylation is 1. The van der Waals surface area contributed by atoms with E-state index in [-0.39, 0.29) is 0 Å². The average Bonchev–Trinajstić information content (AvgIpc) is 2.65. The molecule has 0 aromatic carbocycles. The minimum absolute atomic E-state index is 0.772. The van der Waals surface area contributed by atoms with Gasteiger partial charge in [0.25, 0.3) is 0 Å². The first-order valence-corrected chi connectivity index (χ1v) is 6.37. The van der Waals surface area contributed by atoms with E-state index in [1.54, 1.807) is 0 Å². The Labute approximate surface area is 89.3 Å². The Hall–Kier alpha value is -0.640. The molecule has 0 amide bonds. The number of rotatable bonds is 2. The first-order chi connectivity index (χ1) is 6.79. The molecule has 0 saturated carbocycles. The summed E-state index contributed by atoms with van der Waals surface area (Å²) in [4.78, 5) is 10.0. The van der Waals surface area contributed by atoms with Crippen molar-refractivity contribution in [2.45, 2.75) is 25.0 Å². The predicted octanol–water partition coefficient (Wildman–Crippen LogP) is 2.05. The van der Waals surface area contributed by atoms with E-state index in [1.165, 1.54) is 12.8 Å². The lowest BCUT2D eigenvalue weighted by Gasteiger charge is -2.31. The van der Waals surface area contributed by atoms with E-state index >= 15 is 0 Å². The number of anilines is 1. The fraction of sp³-hybridized carbons (Fsp3) is 0.700. The van der Waals surface area contributed by atoms with Gasteiger partial charge in [-0.05, 0) is 26.0 Å². The summed E-state index contributed by atoms with van der Waals surface area (Å²) in [6.07, 6.45) is 6.72. The van der Waals surface area contributed by atoms with E-state index in [0.29, 0.717) is 0 Å². The third-order valence-corrected chi connectivity index (χ3v) is 3.75. The van der Waals surface area contributed by atoms with Crippen molar-refractivity contribution in [2.75, 3.05) is 24.2 Å². The van der Waals surface area contributed by atoms with E-state index < -0.39 is 0 Å². The molecule has 1 fully saturated rings. The van der Waals surface area contributed by atoms with Gasteiger partial charge in [0.2, 0.25) is 5.95 Å². The molecule has 1 aliphatic rings. The monoisotopic (exact) mass is 211 g/mol. The number of aromatic nitrogens is 2. The number of hydrogen-bond donors (Lipinski definition) is 1. The van der Waals surface area contributed by atoms with Crippen LogP contribution < -0.4 is 4.90 Å². The van der Waals surface area contributed by atoms with Gasteiger partial charge in [0.05, 0.1) is 0 Å². The number of piperidine rings is 1. The molecule has 1 atom stereocenters. The van der Waals surface area contributed by atoms with Gasteiger partial charge in [-0.15, -0.1) is 0 Å². The molecule has 2 rings (SSSR count). The highest BCUT2D eigenvalue weighted by Crippen LogP contribution is 2.23. The summed E-state index contributed by atoms with van der Waals surface area (Å²) in [7, 11) is 0. The standard InChI is InChI=1S/C10H17N3S/c1-8-6-11-10(12-8)13-5-3-4-9(7-13)14-2/h6,9H,3-5,7H2,1-2H3,(H,11,12). The summed E-state index contributed by atoms with van der Waals surface area (Å²) in [5, 5.41) is 0.772. The van der Waals surface area contributed by atoms with E-state index in [9.17, 15) is 0 Å². The van der Waals surface area contributed by atoms with Crippen LogP contribution in [0.2, 0.25) is 0 Å². The molecule has 0 bridgehead atoms. The quantitative estimate of drug-likeness (QED) is 0.812. The fourth-order valence-electron chi connectivity index (χ4n) is 1.88. The largest absolute Gasteiger partial charge is 0.341 e. The number of nitrogens with one attached hydrogen (secondary N) is 1. The van der Waals surface area contributed by atoms with Crippen molar-refractivity contribution in [1.29, 1.82) is 0 Å². The minimum atomic E-state index is 0.772. The van der Waals surface area contributed by atoms with Crippen molar-refractivity contribution in [3.63, 3.8) is 0 Å². The second-order valence-corrected chi connectivity index (χ2v) is 4.97. The zero-order valence-corrected chi connectivity index (χ0v) is 9.60. The van der Waals surface area contributed by atoms with Gasteiger partial charge in [-0.1, -0.05) is 0 Å². The Morgan fingerprint density at radius 3 is 3.14 bits per heavy atom. The number of H-pyrrole nitrogens is 1. The Balaban J connectivity index is 2.04. The van der Waals surface area contributed by atoms with Crippen LogP contribution in [-0.4, -0.2) is 34.6 Å². The Morgan fingerprint density at radius 2 is 2.50 bits per heavy atom. The molecule has 0 aliphatic carbocycles. The predicted molar refractivity (Wildman–Crippen MR) is 62.1 cm³/mol. The first kappa shape index (κ1) is 9.90. The van der Waals surface area contributed by atoms with Gasteiger partial charge in [0.15, 0.2) is 0 Å². The minimum Gasteiger partial charge on any atom is -0.341 e. The summed E-state index contributed by atoms with van der Waals surface area (Å²) >= 11 is 1.97. The van der Waals surface area contributed by atoms with Gasteiger partial charge >= 0.3 is 0 Å². The van der Waals surface area contributed by atoms with Gasteiger partial charge in [0.1, 0.15) is 0 Å². The SMILES string of the molecule is CSC1CCCN(c2ncc(C)[nH]2)C1. The summed E-state index contributed by atoms with van der Waals surface area (Å²) in [6, 6.07) is 0. The second-order valence-electron chi connectivity index (χ2n) is 3.84. The number of nitrogens with zero attached hydrogens (tertiary/aromatic N) is 2. The van der Waals surface area contributed by atoms with Crippen molar-refractivity contribution in [1.82, 2.24) is 9.97 Å². The molecule has 1 aromatic rings. The molecular weight excluding hydrogens is 194 g/mol. The summed E-state index contributed by atoms with van der Waals surface area (Å²) in [5.74, 6) is 1.04. The zero-order valence-electron chi connectivity index (χ0n) is 8.79. The van der Waals surface area contributed by atoms with Crippen LogP contribution >= 0.6 is 11.8 Å². The highest BCUT2D eigenvalue weighted by molar-refractivity contribution is 7.99. The Morgan fingerprint density at radius 1 is 1.64 bits per heavy atom. The molecule has 1 aromatic heterocycles. The smallest absolute Gasteiger partial charge is 0.202 e. The third kappa shape index (κ3) is 2.05. The molecule has 4 heteroatoms. The Kier molecular flexibility index (Phi) is 3.01. The first-order valence-electron chi connectivity index (χ1n) is 5.09. The lowest BCUT2D eigenvalue weighted by Crippen LogP contribution is -2.37. The number of imidazole rings is 1. The van der Waals surface area contributed by atoms with Crippen molar-refractivity contribution >= 4 is 17.7 Å². The lowest BCUT2D eigenvalue weighted by atomic mass is 10.1. The molecular formula is C10H17N3S. The zero-order chi connectivity index (χ0) is 9.97. The molecule has 1 aliphatic heterocycles. The van der Waals surface area contributed by atoms with Gasteiger partial charge < -0.3 is 9.88 Å². The number of thioether (sulfide) groups is 1. The molecule has 78 valence electrons. The number of aromatic amines is 1. The summed E-state index contributed by atoms with van der Waals surface area (Å²) in [5.41, 5.74) is 1.14. The van der Waals surface area contributed by atoms with Crippen molar-refractivity contribution in [2.24, 2.45) is 0 Å². The number of hydrogen-bond acceptors (Lipinski definition) is 3. The molecule has 2 heterocycles. The average molecular weight is 211 g/mol. The second kappa shape index (κ2) is 4.26. The van der Waals surface area contributed by atoms with Gasteiger partial charge in [-0.25, -0.2) is 4.98 Å². The topological polar surface area (TPSA) is 31.9 Å². The van der Waals surface area contributed by atoms with Crippen LogP contribution in [0, 0.1) is 6.92 Å². The highest BCUT2D eigenvalue weighted by Gasteiger charge is 2.20. The molecule has 0 radical (unpaired) electrons. The molecule has 1 N–H and O–H groups in total. The van der Waals surface area contributed by atoms with Crippen LogP contribution in [0.15, 0.2) is 6.20 Å². The van der Waals surface area contributed by atoms with Crippen LogP contribution in [0.4, 0.5) is 5.95 Å². The fourth-order valence-corrected chi connectivity index (χ4v) is 2.61. The van der Waals surface area contributed by atoms with Crippen LogP contribution in [0.3, 0.4) is 0 Å². The van der Waals surface area contributed by atoms with Crippen LogP contribution in [0.1, 0.15) is 18.5 Å². The maximum absolute atomic E-state index is 4.37. The Bertz CT molecular complexity index is 297. The van der Waals surface area contributed by atoms with E-state index in [2.05, 4.69) is 21.1 Å². The van der Waals surface area contributed by atoms with Gasteiger partial charge in [0, 0.05) is 30.2 Å². The van der Waals surface area contributed by atoms with Crippen molar-refractivity contribution in [3.05, 3.63) is 11.9 Å². The summed E-state index contributed by atoms with van der Waals surface area (Å²) < 4.78 is 0. The van der Waals surface area contributed by atoms with Crippen LogP contribution in [-0.2, 0) is 0 Å². The van der Waals surface area contributed by atoms with E-state index in [4.69, 9.17) is 0 Å². The van der Waals surface area contributed by atoms with Crippen LogP contribution in [0.25, 0.3) is 0 Å². The van der Waals surface area contributed by atoms with Crippen molar-refractivity contribution < 1.29 is 0 Å². The molecule has 0 spiro atoms. The molecule has 3 nitrogen and oxygen atoms in total. The normalized spacial score (nSPS) is 22.7. The van der Waals surface area contributed by atoms with Crippen molar-refractivity contribution in [3.8, 4) is 0 Å². The van der Waals surface area contributed by atoms with Gasteiger partial charge in [-0.3, -0.25) is 0 Å². The van der Waals surface area contributed by atoms with E-state index in [1.807, 2.05) is 24.9 Å².